The number of halogens is 1. The van der Waals surface area contributed by atoms with E-state index in [4.69, 9.17) is 14.2 Å². The summed E-state index contributed by atoms with van der Waals surface area (Å²) in [6.07, 6.45) is 3.12. The molecule has 2 aromatic rings. The zero-order chi connectivity index (χ0) is 21.2. The lowest BCUT2D eigenvalue weighted by atomic mass is 10.0. The van der Waals surface area contributed by atoms with Gasteiger partial charge in [-0.3, -0.25) is 9.59 Å². The second-order valence-electron chi connectivity index (χ2n) is 6.07. The predicted octanol–water partition coefficient (Wildman–Crippen LogP) is 4.29. The van der Waals surface area contributed by atoms with Crippen molar-refractivity contribution in [3.8, 4) is 11.5 Å². The van der Waals surface area contributed by atoms with E-state index in [1.165, 1.54) is 13.2 Å². The van der Waals surface area contributed by atoms with Crippen molar-refractivity contribution < 1.29 is 23.8 Å². The first-order valence-electron chi connectivity index (χ1n) is 9.08. The number of carbonyl (C=O) groups excluding carboxylic acids is 2. The number of carbonyl (C=O) groups is 2. The van der Waals surface area contributed by atoms with Crippen LogP contribution < -0.4 is 14.8 Å². The summed E-state index contributed by atoms with van der Waals surface area (Å²) in [6, 6.07) is 12.3. The van der Waals surface area contributed by atoms with Gasteiger partial charge in [-0.25, -0.2) is 0 Å². The molecule has 29 heavy (non-hydrogen) atoms. The number of rotatable bonds is 9. The lowest BCUT2D eigenvalue weighted by Crippen LogP contribution is -2.29. The summed E-state index contributed by atoms with van der Waals surface area (Å²) in [7, 11) is 2.88. The molecule has 0 heterocycles. The lowest BCUT2D eigenvalue weighted by Gasteiger charge is -2.17. The number of amides is 1. The summed E-state index contributed by atoms with van der Waals surface area (Å²) in [5.74, 6) is 0.499. The van der Waals surface area contributed by atoms with Gasteiger partial charge in [0.15, 0.2) is 11.5 Å². The van der Waals surface area contributed by atoms with Gasteiger partial charge in [-0.15, -0.1) is 0 Å². The Kier molecular flexibility index (Phi) is 8.73. The van der Waals surface area contributed by atoms with E-state index in [2.05, 4.69) is 21.2 Å². The Balaban J connectivity index is 2.13. The summed E-state index contributed by atoms with van der Waals surface area (Å²) in [5.41, 5.74) is 1.58. The van der Waals surface area contributed by atoms with Crippen LogP contribution in [-0.2, 0) is 14.3 Å². The van der Waals surface area contributed by atoms with Crippen LogP contribution in [0.1, 0.15) is 30.5 Å². The van der Waals surface area contributed by atoms with Gasteiger partial charge in [0.2, 0.25) is 5.91 Å². The Morgan fingerprint density at radius 1 is 1.14 bits per heavy atom. The first kappa shape index (κ1) is 22.5. The normalized spacial score (nSPS) is 11.7. The van der Waals surface area contributed by atoms with Gasteiger partial charge in [-0.1, -0.05) is 34.1 Å². The third kappa shape index (κ3) is 6.94. The fourth-order valence-corrected chi connectivity index (χ4v) is 3.10. The van der Waals surface area contributed by atoms with Crippen LogP contribution >= 0.6 is 15.9 Å². The Morgan fingerprint density at radius 3 is 2.59 bits per heavy atom. The van der Waals surface area contributed by atoms with Crippen LogP contribution in [0.15, 0.2) is 53.0 Å². The van der Waals surface area contributed by atoms with Crippen LogP contribution in [0.3, 0.4) is 0 Å². The molecule has 0 aliphatic heterocycles. The van der Waals surface area contributed by atoms with Gasteiger partial charge in [0, 0.05) is 10.5 Å². The zero-order valence-corrected chi connectivity index (χ0v) is 18.2. The maximum Gasteiger partial charge on any atom is 0.307 e. The van der Waals surface area contributed by atoms with Gasteiger partial charge in [0.1, 0.15) is 0 Å². The average Bonchev–Trinajstić information content (AvgIpc) is 2.72. The van der Waals surface area contributed by atoms with Crippen LogP contribution in [-0.4, -0.2) is 32.7 Å². The molecule has 0 fully saturated rings. The van der Waals surface area contributed by atoms with E-state index in [0.29, 0.717) is 18.1 Å². The minimum atomic E-state index is -0.507. The SMILES string of the molecule is CCOc1ccc(/C=C/C(=O)NC(CC(=O)OC)c2cccc(Br)c2)cc1OC. The van der Waals surface area contributed by atoms with Gasteiger partial charge >= 0.3 is 5.97 Å². The Bertz CT molecular complexity index is 881. The second-order valence-corrected chi connectivity index (χ2v) is 6.99. The maximum atomic E-state index is 12.5. The van der Waals surface area contributed by atoms with E-state index in [-0.39, 0.29) is 12.3 Å². The van der Waals surface area contributed by atoms with Crippen molar-refractivity contribution in [1.29, 1.82) is 0 Å². The minimum absolute atomic E-state index is 0.0312. The van der Waals surface area contributed by atoms with E-state index in [0.717, 1.165) is 15.6 Å². The molecule has 2 rings (SSSR count). The molecule has 1 amide bonds. The number of nitrogens with one attached hydrogen (secondary N) is 1. The topological polar surface area (TPSA) is 73.9 Å². The summed E-state index contributed by atoms with van der Waals surface area (Å²) < 4.78 is 16.4. The molecule has 0 radical (unpaired) electrons. The molecule has 0 aromatic heterocycles. The van der Waals surface area contributed by atoms with Crippen LogP contribution in [0.4, 0.5) is 0 Å². The van der Waals surface area contributed by atoms with Crippen molar-refractivity contribution in [2.75, 3.05) is 20.8 Å². The van der Waals surface area contributed by atoms with Gasteiger partial charge < -0.3 is 19.5 Å². The number of hydrogen-bond donors (Lipinski definition) is 1. The standard InChI is InChI=1S/C22H24BrNO5/c1-4-29-19-10-8-15(12-20(19)27-2)9-11-21(25)24-18(14-22(26)28-3)16-6-5-7-17(23)13-16/h5-13,18H,4,14H2,1-3H3,(H,24,25)/b11-9+. The van der Waals surface area contributed by atoms with Crippen LogP contribution in [0.25, 0.3) is 6.08 Å². The number of benzene rings is 2. The molecule has 1 unspecified atom stereocenters. The van der Waals surface area contributed by atoms with Gasteiger partial charge in [0.05, 0.1) is 33.3 Å². The average molecular weight is 462 g/mol. The first-order valence-corrected chi connectivity index (χ1v) is 9.87. The van der Waals surface area contributed by atoms with Gasteiger partial charge in [-0.05, 0) is 48.4 Å². The van der Waals surface area contributed by atoms with E-state index in [1.807, 2.05) is 37.3 Å². The number of ether oxygens (including phenoxy) is 3. The highest BCUT2D eigenvalue weighted by atomic mass is 79.9. The first-order chi connectivity index (χ1) is 14.0. The van der Waals surface area contributed by atoms with Crippen LogP contribution in [0.2, 0.25) is 0 Å². The van der Waals surface area contributed by atoms with Crippen molar-refractivity contribution in [3.05, 3.63) is 64.1 Å². The monoisotopic (exact) mass is 461 g/mol. The second kappa shape index (κ2) is 11.3. The Morgan fingerprint density at radius 2 is 1.93 bits per heavy atom. The van der Waals surface area contributed by atoms with Gasteiger partial charge in [0.25, 0.3) is 0 Å². The molecule has 0 aliphatic carbocycles. The van der Waals surface area contributed by atoms with E-state index in [1.54, 1.807) is 25.3 Å². The van der Waals surface area contributed by atoms with Crippen LogP contribution in [0.5, 0.6) is 11.5 Å². The quantitative estimate of drug-likeness (QED) is 0.445. The highest BCUT2D eigenvalue weighted by molar-refractivity contribution is 9.10. The third-order valence-electron chi connectivity index (χ3n) is 4.08. The third-order valence-corrected chi connectivity index (χ3v) is 4.57. The van der Waals surface area contributed by atoms with Crippen molar-refractivity contribution in [2.24, 2.45) is 0 Å². The molecule has 1 N–H and O–H groups in total. The van der Waals surface area contributed by atoms with E-state index < -0.39 is 12.0 Å². The van der Waals surface area contributed by atoms with Crippen molar-refractivity contribution >= 4 is 33.9 Å². The molecule has 0 aliphatic rings. The summed E-state index contributed by atoms with van der Waals surface area (Å²) in [5, 5.41) is 2.85. The zero-order valence-electron chi connectivity index (χ0n) is 16.6. The molecular formula is C22H24BrNO5. The molecule has 2 aromatic carbocycles. The largest absolute Gasteiger partial charge is 0.493 e. The molecule has 154 valence electrons. The summed E-state index contributed by atoms with van der Waals surface area (Å²) in [6.45, 7) is 2.43. The molecule has 1 atom stereocenters. The predicted molar refractivity (Wildman–Crippen MR) is 115 cm³/mol. The minimum Gasteiger partial charge on any atom is -0.493 e. The molecule has 7 heteroatoms. The molecule has 6 nitrogen and oxygen atoms in total. The highest BCUT2D eigenvalue weighted by Gasteiger charge is 2.18. The number of methoxy groups -OCH3 is 2. The molecule has 0 saturated carbocycles. The lowest BCUT2D eigenvalue weighted by molar-refractivity contribution is -0.141. The van der Waals surface area contributed by atoms with Crippen molar-refractivity contribution in [3.63, 3.8) is 0 Å². The van der Waals surface area contributed by atoms with Crippen molar-refractivity contribution in [2.45, 2.75) is 19.4 Å². The van der Waals surface area contributed by atoms with Gasteiger partial charge in [-0.2, -0.15) is 0 Å². The number of hydrogen-bond acceptors (Lipinski definition) is 5. The molecule has 0 bridgehead atoms. The number of esters is 1. The summed E-state index contributed by atoms with van der Waals surface area (Å²) >= 11 is 3.41. The van der Waals surface area contributed by atoms with Crippen molar-refractivity contribution in [1.82, 2.24) is 5.32 Å². The van der Waals surface area contributed by atoms with E-state index in [9.17, 15) is 9.59 Å². The maximum absolute atomic E-state index is 12.5. The Hall–Kier alpha value is -2.80. The van der Waals surface area contributed by atoms with Crippen LogP contribution in [0, 0.1) is 0 Å². The molecule has 0 spiro atoms. The fraction of sp³-hybridized carbons (Fsp3) is 0.273. The Labute approximate surface area is 179 Å². The summed E-state index contributed by atoms with van der Waals surface area (Å²) in [4.78, 5) is 24.2. The molecule has 0 saturated heterocycles. The smallest absolute Gasteiger partial charge is 0.307 e. The van der Waals surface area contributed by atoms with E-state index >= 15 is 0 Å². The molecular weight excluding hydrogens is 438 g/mol. The fourth-order valence-electron chi connectivity index (χ4n) is 2.68. The highest BCUT2D eigenvalue weighted by Crippen LogP contribution is 2.28.